The van der Waals surface area contributed by atoms with E-state index in [1.165, 1.54) is 72.6 Å². The van der Waals surface area contributed by atoms with E-state index in [4.69, 9.17) is 4.74 Å². The van der Waals surface area contributed by atoms with E-state index in [1.807, 2.05) is 12.1 Å². The molecule has 3 aromatic rings. The lowest BCUT2D eigenvalue weighted by molar-refractivity contribution is -0.117. The van der Waals surface area contributed by atoms with Crippen molar-refractivity contribution in [3.63, 3.8) is 0 Å². The van der Waals surface area contributed by atoms with Crippen molar-refractivity contribution in [1.29, 1.82) is 0 Å². The highest BCUT2D eigenvalue weighted by Crippen LogP contribution is 2.50. The van der Waals surface area contributed by atoms with Crippen molar-refractivity contribution < 1.29 is 14.3 Å². The Kier molecular flexibility index (Phi) is 4.56. The van der Waals surface area contributed by atoms with Crippen LogP contribution in [0.2, 0.25) is 0 Å². The Bertz CT molecular complexity index is 1290. The maximum absolute atomic E-state index is 12.4. The SMILES string of the molecule is COC(=O)c1ccc2c(C3CCCCC3)c3n(c2c1)C=C1CC(=O)CC1c1ccccc1-3. The first-order valence-electron chi connectivity index (χ1n) is 11.7. The van der Waals surface area contributed by atoms with Crippen molar-refractivity contribution in [2.45, 2.75) is 56.8 Å². The largest absolute Gasteiger partial charge is 0.465 e. The van der Waals surface area contributed by atoms with E-state index in [0.29, 0.717) is 30.1 Å². The number of allylic oxidation sites excluding steroid dienone is 1. The van der Waals surface area contributed by atoms with Crippen LogP contribution in [-0.2, 0) is 9.53 Å². The minimum Gasteiger partial charge on any atom is -0.465 e. The fraction of sp³-hybridized carbons (Fsp3) is 0.357. The molecule has 1 unspecified atom stereocenters. The fourth-order valence-electron chi connectivity index (χ4n) is 6.20. The van der Waals surface area contributed by atoms with Gasteiger partial charge in [-0.3, -0.25) is 4.79 Å². The number of esters is 1. The minimum absolute atomic E-state index is 0.150. The van der Waals surface area contributed by atoms with Crippen LogP contribution in [0.5, 0.6) is 0 Å². The van der Waals surface area contributed by atoms with Crippen molar-refractivity contribution in [3.8, 4) is 11.3 Å². The zero-order chi connectivity index (χ0) is 21.8. The average Bonchev–Trinajstić information content (AvgIpc) is 3.32. The molecule has 1 aromatic heterocycles. The van der Waals surface area contributed by atoms with Gasteiger partial charge in [0.15, 0.2) is 0 Å². The molecule has 4 heteroatoms. The molecule has 2 saturated carbocycles. The number of carbonyl (C=O) groups excluding carboxylic acids is 2. The third-order valence-electron chi connectivity index (χ3n) is 7.64. The van der Waals surface area contributed by atoms with Gasteiger partial charge < -0.3 is 9.30 Å². The number of Topliss-reactive ketones (excluding diaryl/α,β-unsaturated/α-hetero) is 1. The van der Waals surface area contributed by atoms with E-state index < -0.39 is 0 Å². The standard InChI is InChI=1S/C28H27NO3/c1-32-28(31)18-11-12-23-25(14-18)29-16-19-13-20(30)15-24(19)21-9-5-6-10-22(21)27(29)26(23)17-7-3-2-4-8-17/h5-6,9-12,14,16-17,24H,2-4,7-8,13,15H2,1H3. The number of methoxy groups -OCH3 is 1. The second kappa shape index (κ2) is 7.47. The minimum atomic E-state index is -0.322. The molecular formula is C28H27NO3. The molecule has 6 rings (SSSR count). The molecule has 0 saturated heterocycles. The van der Waals surface area contributed by atoms with Gasteiger partial charge >= 0.3 is 5.97 Å². The smallest absolute Gasteiger partial charge is 0.337 e. The highest BCUT2D eigenvalue weighted by molar-refractivity contribution is 6.01. The van der Waals surface area contributed by atoms with Crippen molar-refractivity contribution >= 4 is 28.9 Å². The lowest BCUT2D eigenvalue weighted by Crippen LogP contribution is -2.06. The third-order valence-corrected chi connectivity index (χ3v) is 7.64. The number of aromatic nitrogens is 1. The first-order chi connectivity index (χ1) is 15.7. The molecule has 32 heavy (non-hydrogen) atoms. The second-order valence-corrected chi connectivity index (χ2v) is 9.45. The first-order valence-corrected chi connectivity index (χ1v) is 11.7. The predicted octanol–water partition coefficient (Wildman–Crippen LogP) is 6.44. The van der Waals surface area contributed by atoms with Gasteiger partial charge in [-0.1, -0.05) is 49.6 Å². The highest BCUT2D eigenvalue weighted by Gasteiger charge is 2.36. The summed E-state index contributed by atoms with van der Waals surface area (Å²) in [6, 6.07) is 14.6. The summed E-state index contributed by atoms with van der Waals surface area (Å²) in [5.41, 5.74) is 7.92. The summed E-state index contributed by atoms with van der Waals surface area (Å²) in [6.07, 6.45) is 9.51. The van der Waals surface area contributed by atoms with Gasteiger partial charge in [0.25, 0.3) is 0 Å². The molecule has 2 heterocycles. The number of carbonyl (C=O) groups is 2. The Hall–Kier alpha value is -3.14. The van der Waals surface area contributed by atoms with E-state index in [9.17, 15) is 9.59 Å². The average molecular weight is 426 g/mol. The first kappa shape index (κ1) is 19.5. The third kappa shape index (κ3) is 2.89. The number of nitrogens with zero attached hydrogens (tertiary/aromatic N) is 1. The van der Waals surface area contributed by atoms with Gasteiger partial charge in [0.2, 0.25) is 0 Å². The zero-order valence-corrected chi connectivity index (χ0v) is 18.4. The van der Waals surface area contributed by atoms with Gasteiger partial charge in [-0.25, -0.2) is 4.79 Å². The van der Waals surface area contributed by atoms with Crippen molar-refractivity contribution in [1.82, 2.24) is 4.57 Å². The van der Waals surface area contributed by atoms with Crippen LogP contribution in [0.25, 0.3) is 28.4 Å². The van der Waals surface area contributed by atoms with Crippen LogP contribution in [0.4, 0.5) is 0 Å². The molecule has 2 aliphatic carbocycles. The molecule has 1 aliphatic heterocycles. The van der Waals surface area contributed by atoms with Gasteiger partial charge in [0, 0.05) is 35.9 Å². The number of fused-ring (bicyclic) bond motifs is 7. The van der Waals surface area contributed by atoms with Crippen molar-refractivity contribution in [2.75, 3.05) is 7.11 Å². The molecule has 1 atom stereocenters. The van der Waals surface area contributed by atoms with Crippen molar-refractivity contribution in [2.24, 2.45) is 0 Å². The Labute approximate surface area is 187 Å². The van der Waals surface area contributed by atoms with Crippen LogP contribution < -0.4 is 0 Å². The lowest BCUT2D eigenvalue weighted by atomic mass is 9.80. The molecule has 0 spiro atoms. The zero-order valence-electron chi connectivity index (χ0n) is 18.4. The second-order valence-electron chi connectivity index (χ2n) is 9.45. The van der Waals surface area contributed by atoms with Gasteiger partial charge in [-0.15, -0.1) is 0 Å². The van der Waals surface area contributed by atoms with E-state index in [1.54, 1.807) is 0 Å². The fourth-order valence-corrected chi connectivity index (χ4v) is 6.20. The van der Waals surface area contributed by atoms with Crippen LogP contribution in [0.1, 0.15) is 78.3 Å². The molecule has 0 amide bonds. The molecule has 4 nitrogen and oxygen atoms in total. The summed E-state index contributed by atoms with van der Waals surface area (Å²) in [6.45, 7) is 0. The molecule has 0 bridgehead atoms. The summed E-state index contributed by atoms with van der Waals surface area (Å²) in [5, 5.41) is 1.22. The van der Waals surface area contributed by atoms with Gasteiger partial charge in [0.05, 0.1) is 23.9 Å². The quantitative estimate of drug-likeness (QED) is 0.444. The number of rotatable bonds is 2. The summed E-state index contributed by atoms with van der Waals surface area (Å²) < 4.78 is 7.28. The van der Waals surface area contributed by atoms with E-state index in [2.05, 4.69) is 41.1 Å². The summed E-state index contributed by atoms with van der Waals surface area (Å²) in [7, 11) is 1.42. The Morgan fingerprint density at radius 3 is 2.69 bits per heavy atom. The normalized spacial score (nSPS) is 20.3. The molecule has 2 aromatic carbocycles. The number of ketones is 1. The maximum Gasteiger partial charge on any atom is 0.337 e. The van der Waals surface area contributed by atoms with Crippen molar-refractivity contribution in [3.05, 3.63) is 64.7 Å². The summed E-state index contributed by atoms with van der Waals surface area (Å²) >= 11 is 0. The lowest BCUT2D eigenvalue weighted by Gasteiger charge is -2.24. The summed E-state index contributed by atoms with van der Waals surface area (Å²) in [5.74, 6) is 0.644. The number of hydrogen-bond acceptors (Lipinski definition) is 3. The molecule has 0 N–H and O–H groups in total. The van der Waals surface area contributed by atoms with Gasteiger partial charge in [0.1, 0.15) is 5.78 Å². The molecule has 3 aliphatic rings. The van der Waals surface area contributed by atoms with Crippen LogP contribution in [-0.4, -0.2) is 23.4 Å². The van der Waals surface area contributed by atoms with Gasteiger partial charge in [-0.05, 0) is 47.6 Å². The number of benzene rings is 2. The number of hydrogen-bond donors (Lipinski definition) is 0. The Morgan fingerprint density at radius 1 is 1.06 bits per heavy atom. The molecule has 162 valence electrons. The molecule has 2 fully saturated rings. The monoisotopic (exact) mass is 425 g/mol. The van der Waals surface area contributed by atoms with Crippen LogP contribution in [0.3, 0.4) is 0 Å². The Morgan fingerprint density at radius 2 is 1.88 bits per heavy atom. The predicted molar refractivity (Wildman–Crippen MR) is 126 cm³/mol. The molecular weight excluding hydrogens is 398 g/mol. The molecule has 0 radical (unpaired) electrons. The van der Waals surface area contributed by atoms with E-state index in [-0.39, 0.29) is 11.9 Å². The number of ether oxygens (including phenoxy) is 1. The summed E-state index contributed by atoms with van der Waals surface area (Å²) in [4.78, 5) is 24.8. The van der Waals surface area contributed by atoms with Crippen LogP contribution in [0.15, 0.2) is 48.0 Å². The highest BCUT2D eigenvalue weighted by atomic mass is 16.5. The maximum atomic E-state index is 12.4. The topological polar surface area (TPSA) is 48.3 Å². The van der Waals surface area contributed by atoms with Gasteiger partial charge in [-0.2, -0.15) is 0 Å². The van der Waals surface area contributed by atoms with E-state index in [0.717, 1.165) is 5.52 Å². The van der Waals surface area contributed by atoms with Crippen LogP contribution in [0, 0.1) is 0 Å². The Balaban J connectivity index is 1.71. The van der Waals surface area contributed by atoms with Crippen LogP contribution >= 0.6 is 0 Å². The van der Waals surface area contributed by atoms with E-state index >= 15 is 0 Å².